The summed E-state index contributed by atoms with van der Waals surface area (Å²) >= 11 is 0. The Morgan fingerprint density at radius 3 is 3.00 bits per heavy atom. The predicted molar refractivity (Wildman–Crippen MR) is 43.8 cm³/mol. The van der Waals surface area contributed by atoms with Gasteiger partial charge in [0, 0.05) is 18.0 Å². The molecule has 1 rings (SSSR count). The van der Waals surface area contributed by atoms with E-state index in [0.717, 1.165) is 11.3 Å². The lowest BCUT2D eigenvalue weighted by atomic mass is 10.1. The molecule has 0 spiro atoms. The fraction of sp³-hybridized carbons (Fsp3) is 0.333. The van der Waals surface area contributed by atoms with Gasteiger partial charge in [0.25, 0.3) is 0 Å². The van der Waals surface area contributed by atoms with Crippen LogP contribution in [0.1, 0.15) is 23.8 Å². The second-order valence-corrected chi connectivity index (χ2v) is 2.51. The van der Waals surface area contributed by atoms with Crippen molar-refractivity contribution in [3.05, 3.63) is 23.7 Å². The summed E-state index contributed by atoms with van der Waals surface area (Å²) < 4.78 is 5.08. The van der Waals surface area contributed by atoms with Crippen LogP contribution in [-0.2, 0) is 0 Å². The third-order valence-corrected chi connectivity index (χ3v) is 1.52. The lowest BCUT2D eigenvalue weighted by Crippen LogP contribution is -2.07. The lowest BCUT2D eigenvalue weighted by molar-refractivity contribution is 0.529. The maximum absolute atomic E-state index is 5.72. The van der Waals surface area contributed by atoms with Gasteiger partial charge in [0.05, 0.1) is 6.26 Å². The minimum Gasteiger partial charge on any atom is -0.469 e. The molecule has 0 bridgehead atoms. The first-order chi connectivity index (χ1) is 5.24. The molecule has 1 unspecified atom stereocenters. The van der Waals surface area contributed by atoms with Crippen LogP contribution in [-0.4, -0.2) is 0 Å². The van der Waals surface area contributed by atoms with Crippen LogP contribution in [0.3, 0.4) is 0 Å². The Labute approximate surface area is 66.4 Å². The van der Waals surface area contributed by atoms with Gasteiger partial charge in [-0.3, -0.25) is 0 Å². The van der Waals surface area contributed by atoms with Gasteiger partial charge in [-0.1, -0.05) is 0 Å². The molecule has 0 aliphatic carbocycles. The Morgan fingerprint density at radius 2 is 2.55 bits per heavy atom. The normalized spacial score (nSPS) is 12.5. The van der Waals surface area contributed by atoms with Gasteiger partial charge in [-0.05, 0) is 13.0 Å². The highest BCUT2D eigenvalue weighted by Crippen LogP contribution is 2.15. The molecular weight excluding hydrogens is 138 g/mol. The van der Waals surface area contributed by atoms with Gasteiger partial charge in [-0.2, -0.15) is 0 Å². The first-order valence-electron chi connectivity index (χ1n) is 3.48. The van der Waals surface area contributed by atoms with Crippen molar-refractivity contribution in [1.29, 1.82) is 0 Å². The summed E-state index contributed by atoms with van der Waals surface area (Å²) in [6.07, 6.45) is 7.32. The first kappa shape index (κ1) is 7.90. The van der Waals surface area contributed by atoms with Gasteiger partial charge in [0.1, 0.15) is 5.76 Å². The topological polar surface area (TPSA) is 39.2 Å². The van der Waals surface area contributed by atoms with Crippen LogP contribution in [0.5, 0.6) is 0 Å². The maximum Gasteiger partial charge on any atom is 0.101 e. The van der Waals surface area contributed by atoms with Gasteiger partial charge >= 0.3 is 0 Å². The molecule has 0 aliphatic rings. The van der Waals surface area contributed by atoms with Gasteiger partial charge in [-0.25, -0.2) is 0 Å². The van der Waals surface area contributed by atoms with E-state index in [4.69, 9.17) is 16.6 Å². The molecule has 0 saturated heterocycles. The zero-order valence-corrected chi connectivity index (χ0v) is 6.50. The van der Waals surface area contributed by atoms with Crippen molar-refractivity contribution in [1.82, 2.24) is 0 Å². The van der Waals surface area contributed by atoms with E-state index in [9.17, 15) is 0 Å². The monoisotopic (exact) mass is 149 g/mol. The minimum absolute atomic E-state index is 0.0857. The standard InChI is InChI=1S/C9H11NO/c1-3-4-9(10)8-5-7(2)11-6-8/h1,5-6,9H,4,10H2,2H3. The average Bonchev–Trinajstić information content (AvgIpc) is 2.36. The van der Waals surface area contributed by atoms with E-state index in [0.29, 0.717) is 6.42 Å². The van der Waals surface area contributed by atoms with Crippen molar-refractivity contribution >= 4 is 0 Å². The second-order valence-electron chi connectivity index (χ2n) is 2.51. The Balaban J connectivity index is 2.70. The van der Waals surface area contributed by atoms with Crippen LogP contribution in [0.25, 0.3) is 0 Å². The molecule has 1 aromatic heterocycles. The second kappa shape index (κ2) is 3.27. The van der Waals surface area contributed by atoms with Crippen LogP contribution in [0.2, 0.25) is 0 Å². The number of nitrogens with two attached hydrogens (primary N) is 1. The van der Waals surface area contributed by atoms with Crippen LogP contribution < -0.4 is 5.73 Å². The molecule has 1 heterocycles. The van der Waals surface area contributed by atoms with Crippen LogP contribution in [0.15, 0.2) is 16.7 Å². The Morgan fingerprint density at radius 1 is 1.82 bits per heavy atom. The summed E-state index contributed by atoms with van der Waals surface area (Å²) in [4.78, 5) is 0. The van der Waals surface area contributed by atoms with Gasteiger partial charge in [0.2, 0.25) is 0 Å². The van der Waals surface area contributed by atoms with Crippen molar-refractivity contribution in [2.45, 2.75) is 19.4 Å². The van der Waals surface area contributed by atoms with Crippen LogP contribution in [0.4, 0.5) is 0 Å². The zero-order valence-electron chi connectivity index (χ0n) is 6.50. The average molecular weight is 149 g/mol. The third kappa shape index (κ3) is 1.86. The van der Waals surface area contributed by atoms with E-state index in [-0.39, 0.29) is 6.04 Å². The van der Waals surface area contributed by atoms with E-state index in [1.165, 1.54) is 0 Å². The molecule has 1 aromatic rings. The molecule has 58 valence electrons. The first-order valence-corrected chi connectivity index (χ1v) is 3.48. The molecule has 0 fully saturated rings. The van der Waals surface area contributed by atoms with Gasteiger partial charge in [-0.15, -0.1) is 12.3 Å². The Hall–Kier alpha value is -1.20. The largest absolute Gasteiger partial charge is 0.469 e. The quantitative estimate of drug-likeness (QED) is 0.649. The molecule has 0 radical (unpaired) electrons. The number of rotatable bonds is 2. The number of aryl methyl sites for hydroxylation is 1. The number of hydrogen-bond acceptors (Lipinski definition) is 2. The fourth-order valence-electron chi connectivity index (χ4n) is 0.903. The SMILES string of the molecule is C#CCC(N)c1coc(C)c1. The Bertz CT molecular complexity index is 269. The Kier molecular flexibility index (Phi) is 2.35. The van der Waals surface area contributed by atoms with E-state index in [1.54, 1.807) is 6.26 Å². The van der Waals surface area contributed by atoms with E-state index >= 15 is 0 Å². The van der Waals surface area contributed by atoms with Gasteiger partial charge in [0.15, 0.2) is 0 Å². The minimum atomic E-state index is -0.0857. The molecule has 0 aliphatic heterocycles. The maximum atomic E-state index is 5.72. The molecule has 0 amide bonds. The van der Waals surface area contributed by atoms with Crippen LogP contribution >= 0.6 is 0 Å². The summed E-state index contributed by atoms with van der Waals surface area (Å²) in [5.74, 6) is 3.38. The smallest absolute Gasteiger partial charge is 0.101 e. The van der Waals surface area contributed by atoms with Crippen molar-refractivity contribution in [2.75, 3.05) is 0 Å². The molecule has 0 saturated carbocycles. The van der Waals surface area contributed by atoms with Crippen molar-refractivity contribution < 1.29 is 4.42 Å². The highest BCUT2D eigenvalue weighted by molar-refractivity contribution is 5.17. The predicted octanol–water partition coefficient (Wildman–Crippen LogP) is 1.61. The molecular formula is C9H11NO. The lowest BCUT2D eigenvalue weighted by Gasteiger charge is -2.01. The van der Waals surface area contributed by atoms with E-state index in [1.807, 2.05) is 13.0 Å². The van der Waals surface area contributed by atoms with Crippen molar-refractivity contribution in [3.8, 4) is 12.3 Å². The molecule has 2 heteroatoms. The fourth-order valence-corrected chi connectivity index (χ4v) is 0.903. The highest BCUT2D eigenvalue weighted by Gasteiger charge is 2.05. The van der Waals surface area contributed by atoms with Gasteiger partial charge < -0.3 is 10.2 Å². The summed E-state index contributed by atoms with van der Waals surface area (Å²) in [6, 6.07) is 1.82. The van der Waals surface area contributed by atoms with E-state index in [2.05, 4.69) is 5.92 Å². The molecule has 11 heavy (non-hydrogen) atoms. The highest BCUT2D eigenvalue weighted by atomic mass is 16.3. The summed E-state index contributed by atoms with van der Waals surface area (Å²) in [5, 5.41) is 0. The van der Waals surface area contributed by atoms with Crippen molar-refractivity contribution in [2.24, 2.45) is 5.73 Å². The molecule has 2 N–H and O–H groups in total. The molecule has 0 aromatic carbocycles. The summed E-state index contributed by atoms with van der Waals surface area (Å²) in [6.45, 7) is 1.88. The number of hydrogen-bond donors (Lipinski definition) is 1. The number of terminal acetylenes is 1. The zero-order chi connectivity index (χ0) is 8.27. The van der Waals surface area contributed by atoms with Crippen LogP contribution in [0, 0.1) is 19.3 Å². The number of furan rings is 1. The van der Waals surface area contributed by atoms with Crippen molar-refractivity contribution in [3.63, 3.8) is 0 Å². The van der Waals surface area contributed by atoms with E-state index < -0.39 is 0 Å². The molecule has 1 atom stereocenters. The molecule has 2 nitrogen and oxygen atoms in total. The third-order valence-electron chi connectivity index (χ3n) is 1.52. The summed E-state index contributed by atoms with van der Waals surface area (Å²) in [7, 11) is 0. The summed E-state index contributed by atoms with van der Waals surface area (Å²) in [5.41, 5.74) is 6.69.